The lowest BCUT2D eigenvalue weighted by molar-refractivity contribution is 0.102. The molecule has 2 aromatic carbocycles. The van der Waals surface area contributed by atoms with E-state index in [0.717, 1.165) is 38.4 Å². The predicted octanol–water partition coefficient (Wildman–Crippen LogP) is 4.40. The maximum absolute atomic E-state index is 12.7. The van der Waals surface area contributed by atoms with Crippen molar-refractivity contribution in [3.63, 3.8) is 0 Å². The van der Waals surface area contributed by atoms with Crippen LogP contribution >= 0.6 is 23.2 Å². The lowest BCUT2D eigenvalue weighted by Gasteiger charge is -2.36. The first-order valence-corrected chi connectivity index (χ1v) is 9.69. The Morgan fingerprint density at radius 3 is 2.48 bits per heavy atom. The van der Waals surface area contributed by atoms with Crippen molar-refractivity contribution in [3.05, 3.63) is 52.0 Å². The Morgan fingerprint density at radius 1 is 1.11 bits per heavy atom. The molecule has 1 heterocycles. The fourth-order valence-corrected chi connectivity index (χ4v) is 3.78. The summed E-state index contributed by atoms with van der Waals surface area (Å²) in [7, 11) is 1.54. The maximum atomic E-state index is 12.7. The molecule has 0 spiro atoms. The lowest BCUT2D eigenvalue weighted by atomic mass is 10.1. The molecule has 3 rings (SSSR count). The molecular weight excluding hydrogens is 385 g/mol. The average Bonchev–Trinajstić information content (AvgIpc) is 2.68. The molecule has 0 saturated carbocycles. The first-order chi connectivity index (χ1) is 13.0. The van der Waals surface area contributed by atoms with Crippen molar-refractivity contribution in [2.45, 2.75) is 6.92 Å². The number of piperazine rings is 1. The number of para-hydroxylation sites is 1. The molecule has 1 fully saturated rings. The molecule has 5 nitrogen and oxygen atoms in total. The normalized spacial score (nSPS) is 14.9. The second-order valence-electron chi connectivity index (χ2n) is 6.36. The summed E-state index contributed by atoms with van der Waals surface area (Å²) in [5, 5.41) is 4.00. The van der Waals surface area contributed by atoms with Crippen molar-refractivity contribution in [2.24, 2.45) is 0 Å². The number of carbonyl (C=O) groups is 1. The fourth-order valence-electron chi connectivity index (χ4n) is 3.23. The number of hydrogen-bond donors (Lipinski definition) is 1. The van der Waals surface area contributed by atoms with Gasteiger partial charge in [0, 0.05) is 31.7 Å². The van der Waals surface area contributed by atoms with Gasteiger partial charge in [0.2, 0.25) is 0 Å². The number of halogens is 2. The van der Waals surface area contributed by atoms with Crippen LogP contribution in [0.2, 0.25) is 10.0 Å². The van der Waals surface area contributed by atoms with E-state index in [1.54, 1.807) is 18.2 Å². The average molecular weight is 408 g/mol. The van der Waals surface area contributed by atoms with Gasteiger partial charge < -0.3 is 19.9 Å². The molecule has 0 aliphatic carbocycles. The molecular formula is C20H23Cl2N3O2. The van der Waals surface area contributed by atoms with Crippen molar-refractivity contribution in [2.75, 3.05) is 50.1 Å². The van der Waals surface area contributed by atoms with Gasteiger partial charge in [-0.25, -0.2) is 0 Å². The van der Waals surface area contributed by atoms with Gasteiger partial charge in [0.25, 0.3) is 5.91 Å². The Bertz CT molecular complexity index is 821. The molecule has 0 bridgehead atoms. The fraction of sp³-hybridized carbons (Fsp3) is 0.350. The van der Waals surface area contributed by atoms with Crippen LogP contribution in [0.1, 0.15) is 17.3 Å². The molecule has 27 heavy (non-hydrogen) atoms. The first-order valence-electron chi connectivity index (χ1n) is 8.94. The van der Waals surface area contributed by atoms with Gasteiger partial charge in [-0.15, -0.1) is 0 Å². The van der Waals surface area contributed by atoms with Crippen molar-refractivity contribution in [1.29, 1.82) is 0 Å². The number of anilines is 2. The van der Waals surface area contributed by atoms with Crippen LogP contribution in [0.25, 0.3) is 0 Å². The Hall–Kier alpha value is -1.95. The molecule has 0 unspecified atom stereocenters. The molecule has 0 radical (unpaired) electrons. The van der Waals surface area contributed by atoms with Crippen LogP contribution in [0.4, 0.5) is 11.4 Å². The molecule has 7 heteroatoms. The van der Waals surface area contributed by atoms with Crippen LogP contribution < -0.4 is 15.0 Å². The predicted molar refractivity (Wildman–Crippen MR) is 112 cm³/mol. The molecule has 0 atom stereocenters. The van der Waals surface area contributed by atoms with Gasteiger partial charge in [0.1, 0.15) is 5.75 Å². The number of benzene rings is 2. The van der Waals surface area contributed by atoms with Gasteiger partial charge in [0.05, 0.1) is 28.5 Å². The topological polar surface area (TPSA) is 44.8 Å². The number of methoxy groups -OCH3 is 1. The number of amides is 1. The second-order valence-corrected chi connectivity index (χ2v) is 7.18. The van der Waals surface area contributed by atoms with Gasteiger partial charge >= 0.3 is 0 Å². The summed E-state index contributed by atoms with van der Waals surface area (Å²) < 4.78 is 5.14. The number of ether oxygens (including phenoxy) is 1. The summed E-state index contributed by atoms with van der Waals surface area (Å²) in [4.78, 5) is 17.4. The van der Waals surface area contributed by atoms with E-state index in [1.165, 1.54) is 7.11 Å². The van der Waals surface area contributed by atoms with E-state index >= 15 is 0 Å². The quantitative estimate of drug-likeness (QED) is 0.797. The number of likely N-dealkylation sites (N-methyl/N-ethyl adjacent to an activating group) is 1. The Labute approximate surface area is 169 Å². The van der Waals surface area contributed by atoms with E-state index < -0.39 is 0 Å². The zero-order chi connectivity index (χ0) is 19.4. The molecule has 144 valence electrons. The minimum absolute atomic E-state index is 0.240. The van der Waals surface area contributed by atoms with Crippen molar-refractivity contribution < 1.29 is 9.53 Å². The van der Waals surface area contributed by atoms with Crippen molar-refractivity contribution in [1.82, 2.24) is 4.90 Å². The summed E-state index contributed by atoms with van der Waals surface area (Å²) in [5.74, 6) is 0.292. The summed E-state index contributed by atoms with van der Waals surface area (Å²) >= 11 is 12.6. The van der Waals surface area contributed by atoms with Gasteiger partial charge in [-0.3, -0.25) is 4.79 Å². The Morgan fingerprint density at radius 2 is 1.85 bits per heavy atom. The monoisotopic (exact) mass is 407 g/mol. The zero-order valence-electron chi connectivity index (χ0n) is 15.5. The summed E-state index contributed by atoms with van der Waals surface area (Å²) in [6.07, 6.45) is 0. The van der Waals surface area contributed by atoms with E-state index in [2.05, 4.69) is 22.0 Å². The standard InChI is InChI=1S/C20H23Cl2N3O2/c1-3-24-9-11-25(12-10-24)19-15(21)5-4-6-17(19)23-20(26)14-7-8-18(27-2)16(22)13-14/h4-8,13H,3,9-12H2,1-2H3,(H,23,26). The van der Waals surface area contributed by atoms with Gasteiger partial charge in [0.15, 0.2) is 0 Å². The highest BCUT2D eigenvalue weighted by atomic mass is 35.5. The van der Waals surface area contributed by atoms with Gasteiger partial charge in [-0.1, -0.05) is 36.2 Å². The molecule has 1 N–H and O–H groups in total. The number of hydrogen-bond acceptors (Lipinski definition) is 4. The smallest absolute Gasteiger partial charge is 0.255 e. The van der Waals surface area contributed by atoms with Crippen molar-refractivity contribution in [3.8, 4) is 5.75 Å². The highest BCUT2D eigenvalue weighted by Gasteiger charge is 2.21. The van der Waals surface area contributed by atoms with Crippen LogP contribution in [-0.4, -0.2) is 50.6 Å². The molecule has 1 aliphatic heterocycles. The summed E-state index contributed by atoms with van der Waals surface area (Å²) in [6.45, 7) is 6.89. The molecule has 1 amide bonds. The van der Waals surface area contributed by atoms with Crippen molar-refractivity contribution >= 4 is 40.5 Å². The highest BCUT2D eigenvalue weighted by Crippen LogP contribution is 2.35. The SMILES string of the molecule is CCN1CCN(c2c(Cl)cccc2NC(=O)c2ccc(OC)c(Cl)c2)CC1. The number of nitrogens with one attached hydrogen (secondary N) is 1. The van der Waals surface area contributed by atoms with E-state index in [-0.39, 0.29) is 5.91 Å². The van der Waals surface area contributed by atoms with E-state index in [1.807, 2.05) is 18.2 Å². The minimum atomic E-state index is -0.240. The molecule has 1 aliphatic rings. The van der Waals surface area contributed by atoms with Gasteiger partial charge in [-0.05, 0) is 36.9 Å². The van der Waals surface area contributed by atoms with Crippen LogP contribution in [0.3, 0.4) is 0 Å². The van der Waals surface area contributed by atoms with Crippen LogP contribution in [0, 0.1) is 0 Å². The second kappa shape index (κ2) is 8.83. The number of carbonyl (C=O) groups excluding carboxylic acids is 1. The van der Waals surface area contributed by atoms with E-state index in [4.69, 9.17) is 27.9 Å². The Balaban J connectivity index is 1.82. The third-order valence-corrected chi connectivity index (χ3v) is 5.39. The number of nitrogens with zero attached hydrogens (tertiary/aromatic N) is 2. The lowest BCUT2D eigenvalue weighted by Crippen LogP contribution is -2.46. The van der Waals surface area contributed by atoms with E-state index in [9.17, 15) is 4.79 Å². The third kappa shape index (κ3) is 4.49. The van der Waals surface area contributed by atoms with Gasteiger partial charge in [-0.2, -0.15) is 0 Å². The number of rotatable bonds is 5. The highest BCUT2D eigenvalue weighted by molar-refractivity contribution is 6.34. The first kappa shape index (κ1) is 19.8. The molecule has 1 saturated heterocycles. The minimum Gasteiger partial charge on any atom is -0.495 e. The summed E-state index contributed by atoms with van der Waals surface area (Å²) in [6, 6.07) is 10.5. The maximum Gasteiger partial charge on any atom is 0.255 e. The van der Waals surface area contributed by atoms with Crippen LogP contribution in [0.5, 0.6) is 5.75 Å². The van der Waals surface area contributed by atoms with E-state index in [0.29, 0.717) is 27.0 Å². The summed E-state index contributed by atoms with van der Waals surface area (Å²) in [5.41, 5.74) is 2.02. The zero-order valence-corrected chi connectivity index (χ0v) is 17.0. The van der Waals surface area contributed by atoms with Crippen LogP contribution in [-0.2, 0) is 0 Å². The molecule has 2 aromatic rings. The Kier molecular flexibility index (Phi) is 6.47. The van der Waals surface area contributed by atoms with Crippen LogP contribution in [0.15, 0.2) is 36.4 Å². The largest absolute Gasteiger partial charge is 0.495 e. The third-order valence-electron chi connectivity index (χ3n) is 4.78. The molecule has 0 aromatic heterocycles.